The lowest BCUT2D eigenvalue weighted by atomic mass is 10.0. The van der Waals surface area contributed by atoms with Crippen LogP contribution in [0.1, 0.15) is 54.4 Å². The molecule has 0 saturated carbocycles. The zero-order valence-corrected chi connectivity index (χ0v) is 20.4. The van der Waals surface area contributed by atoms with E-state index < -0.39 is 47.6 Å². The largest absolute Gasteiger partial charge is 0.467 e. The van der Waals surface area contributed by atoms with Crippen molar-refractivity contribution in [2.75, 3.05) is 21.2 Å². The molecule has 31 heavy (non-hydrogen) atoms. The van der Waals surface area contributed by atoms with Crippen LogP contribution in [0.3, 0.4) is 0 Å². The zero-order chi connectivity index (χ0) is 24.5. The molecular formula is C22H39N3O6. The molecule has 0 aliphatic carbocycles. The summed E-state index contributed by atoms with van der Waals surface area (Å²) in [5.74, 6) is -1.26. The van der Waals surface area contributed by atoms with E-state index in [1.54, 1.807) is 20.8 Å². The molecule has 3 atom stereocenters. The number of alkyl carbamates (subject to hydrolysis) is 1. The molecule has 0 aromatic rings. The van der Waals surface area contributed by atoms with Crippen LogP contribution in [-0.2, 0) is 23.9 Å². The monoisotopic (exact) mass is 441 g/mol. The van der Waals surface area contributed by atoms with Crippen molar-refractivity contribution in [1.82, 2.24) is 15.1 Å². The molecule has 9 nitrogen and oxygen atoms in total. The van der Waals surface area contributed by atoms with Gasteiger partial charge in [-0.1, -0.05) is 19.9 Å². The number of nitrogens with zero attached hydrogens (tertiary/aromatic N) is 2. The van der Waals surface area contributed by atoms with E-state index in [9.17, 15) is 19.2 Å². The van der Waals surface area contributed by atoms with Crippen molar-refractivity contribution in [3.05, 3.63) is 12.7 Å². The van der Waals surface area contributed by atoms with Crippen LogP contribution in [0.15, 0.2) is 12.7 Å². The minimum absolute atomic E-state index is 0.148. The van der Waals surface area contributed by atoms with E-state index in [0.29, 0.717) is 6.42 Å². The number of ether oxygens (including phenoxy) is 2. The Morgan fingerprint density at radius 2 is 1.52 bits per heavy atom. The third-order valence-corrected chi connectivity index (χ3v) is 4.58. The minimum Gasteiger partial charge on any atom is -0.467 e. The molecule has 0 fully saturated rings. The summed E-state index contributed by atoms with van der Waals surface area (Å²) in [5.41, 5.74) is -0.706. The van der Waals surface area contributed by atoms with E-state index >= 15 is 0 Å². The van der Waals surface area contributed by atoms with Crippen LogP contribution in [0.25, 0.3) is 0 Å². The van der Waals surface area contributed by atoms with Crippen LogP contribution >= 0.6 is 0 Å². The van der Waals surface area contributed by atoms with Crippen LogP contribution < -0.4 is 5.32 Å². The van der Waals surface area contributed by atoms with Gasteiger partial charge in [-0.25, -0.2) is 9.59 Å². The first-order chi connectivity index (χ1) is 14.2. The second-order valence-electron chi connectivity index (χ2n) is 8.97. The molecule has 178 valence electrons. The zero-order valence-electron chi connectivity index (χ0n) is 20.4. The smallest absolute Gasteiger partial charge is 0.408 e. The number of carbonyl (C=O) groups excluding carboxylic acids is 4. The van der Waals surface area contributed by atoms with Crippen molar-refractivity contribution in [1.29, 1.82) is 0 Å². The third-order valence-electron chi connectivity index (χ3n) is 4.58. The number of likely N-dealkylation sites (N-methyl/N-ethyl adjacent to an activating group) is 2. The van der Waals surface area contributed by atoms with Crippen molar-refractivity contribution < 1.29 is 28.7 Å². The minimum atomic E-state index is -0.919. The van der Waals surface area contributed by atoms with Gasteiger partial charge in [0.1, 0.15) is 23.7 Å². The standard InChI is InChI=1S/C22H39N3O6/c1-11-12-16(19(27)25(9)17(13-14(2)3)20(28)30-10)24(8)18(26)15(4)23-21(29)31-22(5,6)7/h11,14-17H,1,12-13H2,2-10H3,(H,23,29)/t15-,16?,17-/m0/s1. The Kier molecular flexibility index (Phi) is 11.3. The molecule has 1 N–H and O–H groups in total. The molecule has 0 bridgehead atoms. The fourth-order valence-electron chi connectivity index (χ4n) is 2.97. The second kappa shape index (κ2) is 12.3. The Morgan fingerprint density at radius 3 is 1.94 bits per heavy atom. The molecule has 0 radical (unpaired) electrons. The van der Waals surface area contributed by atoms with Gasteiger partial charge >= 0.3 is 12.1 Å². The number of methoxy groups -OCH3 is 1. The van der Waals surface area contributed by atoms with E-state index in [4.69, 9.17) is 9.47 Å². The van der Waals surface area contributed by atoms with Gasteiger partial charge in [0.05, 0.1) is 7.11 Å². The first kappa shape index (κ1) is 28.4. The molecule has 0 heterocycles. The number of esters is 1. The lowest BCUT2D eigenvalue weighted by Gasteiger charge is -2.35. The molecule has 0 saturated heterocycles. The van der Waals surface area contributed by atoms with Crippen molar-refractivity contribution >= 4 is 23.9 Å². The van der Waals surface area contributed by atoms with E-state index in [1.807, 2.05) is 13.8 Å². The number of rotatable bonds is 10. The predicted molar refractivity (Wildman–Crippen MR) is 118 cm³/mol. The molecule has 0 aliphatic rings. The maximum Gasteiger partial charge on any atom is 0.408 e. The number of hydrogen-bond donors (Lipinski definition) is 1. The topological polar surface area (TPSA) is 105 Å². The highest BCUT2D eigenvalue weighted by Crippen LogP contribution is 2.17. The third kappa shape index (κ3) is 9.40. The van der Waals surface area contributed by atoms with E-state index in [-0.39, 0.29) is 12.3 Å². The molecule has 1 unspecified atom stereocenters. The highest BCUT2D eigenvalue weighted by Gasteiger charge is 2.36. The quantitative estimate of drug-likeness (QED) is 0.412. The summed E-state index contributed by atoms with van der Waals surface area (Å²) >= 11 is 0. The number of amides is 3. The highest BCUT2D eigenvalue weighted by molar-refractivity contribution is 5.92. The van der Waals surface area contributed by atoms with E-state index in [2.05, 4.69) is 11.9 Å². The van der Waals surface area contributed by atoms with Crippen LogP contribution in [-0.4, -0.2) is 78.6 Å². The highest BCUT2D eigenvalue weighted by atomic mass is 16.6. The van der Waals surface area contributed by atoms with Gasteiger partial charge in [-0.3, -0.25) is 9.59 Å². The van der Waals surface area contributed by atoms with Gasteiger partial charge in [0.2, 0.25) is 11.8 Å². The van der Waals surface area contributed by atoms with Crippen molar-refractivity contribution in [3.63, 3.8) is 0 Å². The van der Waals surface area contributed by atoms with E-state index in [0.717, 1.165) is 0 Å². The van der Waals surface area contributed by atoms with Crippen molar-refractivity contribution in [3.8, 4) is 0 Å². The molecule has 9 heteroatoms. The maximum atomic E-state index is 13.2. The normalized spacial score (nSPS) is 14.1. The fourth-order valence-corrected chi connectivity index (χ4v) is 2.97. The molecule has 0 aromatic carbocycles. The molecular weight excluding hydrogens is 402 g/mol. The van der Waals surface area contributed by atoms with Crippen molar-refractivity contribution in [2.45, 2.75) is 78.1 Å². The van der Waals surface area contributed by atoms with Gasteiger partial charge < -0.3 is 24.6 Å². The van der Waals surface area contributed by atoms with Gasteiger partial charge in [-0.15, -0.1) is 6.58 Å². The Labute approximate surface area is 186 Å². The van der Waals surface area contributed by atoms with Gasteiger partial charge in [0.15, 0.2) is 0 Å². The summed E-state index contributed by atoms with van der Waals surface area (Å²) in [6.45, 7) is 14.2. The summed E-state index contributed by atoms with van der Waals surface area (Å²) in [4.78, 5) is 52.9. The number of hydrogen-bond acceptors (Lipinski definition) is 6. The molecule has 0 spiro atoms. The van der Waals surface area contributed by atoms with Crippen molar-refractivity contribution in [2.24, 2.45) is 5.92 Å². The summed E-state index contributed by atoms with van der Waals surface area (Å²) < 4.78 is 10.0. The molecule has 0 aromatic heterocycles. The summed E-state index contributed by atoms with van der Waals surface area (Å²) in [5, 5.41) is 2.48. The Bertz CT molecular complexity index is 656. The van der Waals surface area contributed by atoms with Crippen LogP contribution in [0.5, 0.6) is 0 Å². The average Bonchev–Trinajstić information content (AvgIpc) is 2.65. The Balaban J connectivity index is 5.51. The van der Waals surface area contributed by atoms with Gasteiger partial charge in [0, 0.05) is 14.1 Å². The summed E-state index contributed by atoms with van der Waals surface area (Å²) in [6.07, 6.45) is 1.40. The van der Waals surface area contributed by atoms with Gasteiger partial charge in [0.25, 0.3) is 0 Å². The first-order valence-electron chi connectivity index (χ1n) is 10.4. The van der Waals surface area contributed by atoms with Crippen LogP contribution in [0.4, 0.5) is 4.79 Å². The maximum absolute atomic E-state index is 13.2. The molecule has 3 amide bonds. The summed E-state index contributed by atoms with van der Waals surface area (Å²) in [7, 11) is 4.27. The van der Waals surface area contributed by atoms with Crippen LogP contribution in [0.2, 0.25) is 0 Å². The molecule has 0 rings (SSSR count). The van der Waals surface area contributed by atoms with Gasteiger partial charge in [-0.2, -0.15) is 0 Å². The summed E-state index contributed by atoms with van der Waals surface area (Å²) in [6, 6.07) is -2.58. The van der Waals surface area contributed by atoms with Crippen LogP contribution in [0, 0.1) is 5.92 Å². The predicted octanol–water partition coefficient (Wildman–Crippen LogP) is 2.35. The van der Waals surface area contributed by atoms with Gasteiger partial charge in [-0.05, 0) is 46.5 Å². The SMILES string of the molecule is C=CCC(C(=O)N(C)[C@@H](CC(C)C)C(=O)OC)N(C)C(=O)[C@H](C)NC(=O)OC(C)(C)C. The molecule has 0 aliphatic heterocycles. The second-order valence-corrected chi connectivity index (χ2v) is 8.97. The Morgan fingerprint density at radius 1 is 1.00 bits per heavy atom. The number of nitrogens with one attached hydrogen (secondary N) is 1. The fraction of sp³-hybridized carbons (Fsp3) is 0.727. The number of carbonyl (C=O) groups is 4. The first-order valence-corrected chi connectivity index (χ1v) is 10.4. The lowest BCUT2D eigenvalue weighted by molar-refractivity contribution is -0.155. The lowest BCUT2D eigenvalue weighted by Crippen LogP contribution is -2.56. The van der Waals surface area contributed by atoms with E-state index in [1.165, 1.54) is 44.0 Å². The Hall–Kier alpha value is -2.58. The average molecular weight is 442 g/mol.